The summed E-state index contributed by atoms with van der Waals surface area (Å²) in [5, 5.41) is 0.328. The molecule has 2 rings (SSSR count). The Morgan fingerprint density at radius 3 is 3.08 bits per heavy atom. The predicted octanol–water partition coefficient (Wildman–Crippen LogP) is 2.88. The van der Waals surface area contributed by atoms with Crippen molar-refractivity contribution in [2.24, 2.45) is 0 Å². The third-order valence-electron chi connectivity index (χ3n) is 1.66. The summed E-state index contributed by atoms with van der Waals surface area (Å²) in [6.45, 7) is 0.498. The number of hydrogen-bond acceptors (Lipinski definition) is 1. The lowest BCUT2D eigenvalue weighted by molar-refractivity contribution is 0.358. The standard InChI is InChI=1S/C9H6ClFO/c10-8-5-7(11)4-6-2-1-3-12-9(6)8/h1-2,4-5H,3H2. The van der Waals surface area contributed by atoms with Crippen LogP contribution in [-0.2, 0) is 0 Å². The molecule has 1 aliphatic heterocycles. The molecular formula is C9H6ClFO. The molecule has 0 fully saturated rings. The van der Waals surface area contributed by atoms with Gasteiger partial charge in [-0.25, -0.2) is 4.39 Å². The van der Waals surface area contributed by atoms with E-state index in [1.54, 1.807) is 6.08 Å². The first-order valence-corrected chi connectivity index (χ1v) is 3.93. The van der Waals surface area contributed by atoms with Gasteiger partial charge in [-0.3, -0.25) is 0 Å². The zero-order valence-corrected chi connectivity index (χ0v) is 6.94. The van der Waals surface area contributed by atoms with Crippen LogP contribution in [0.25, 0.3) is 6.08 Å². The maximum Gasteiger partial charge on any atom is 0.145 e. The van der Waals surface area contributed by atoms with E-state index in [9.17, 15) is 4.39 Å². The number of rotatable bonds is 0. The topological polar surface area (TPSA) is 9.23 Å². The van der Waals surface area contributed by atoms with Crippen LogP contribution in [0.3, 0.4) is 0 Å². The molecule has 0 bridgehead atoms. The molecule has 0 spiro atoms. The Kier molecular flexibility index (Phi) is 1.77. The highest BCUT2D eigenvalue weighted by Crippen LogP contribution is 2.32. The third kappa shape index (κ3) is 1.18. The van der Waals surface area contributed by atoms with Gasteiger partial charge in [-0.2, -0.15) is 0 Å². The second kappa shape index (κ2) is 2.79. The van der Waals surface area contributed by atoms with Crippen molar-refractivity contribution in [2.75, 3.05) is 6.61 Å². The van der Waals surface area contributed by atoms with Crippen LogP contribution in [0, 0.1) is 5.82 Å². The van der Waals surface area contributed by atoms with Crippen LogP contribution in [0.15, 0.2) is 18.2 Å². The third-order valence-corrected chi connectivity index (χ3v) is 1.94. The van der Waals surface area contributed by atoms with Gasteiger partial charge in [0.1, 0.15) is 18.2 Å². The molecule has 0 amide bonds. The zero-order valence-electron chi connectivity index (χ0n) is 6.18. The quantitative estimate of drug-likeness (QED) is 0.603. The van der Waals surface area contributed by atoms with Gasteiger partial charge in [-0.1, -0.05) is 17.7 Å². The Morgan fingerprint density at radius 2 is 2.25 bits per heavy atom. The van der Waals surface area contributed by atoms with E-state index in [2.05, 4.69) is 0 Å². The summed E-state index contributed by atoms with van der Waals surface area (Å²) in [5.74, 6) is 0.231. The highest BCUT2D eigenvalue weighted by Gasteiger charge is 2.11. The Labute approximate surface area is 74.4 Å². The van der Waals surface area contributed by atoms with E-state index in [-0.39, 0.29) is 5.82 Å². The summed E-state index contributed by atoms with van der Waals surface area (Å²) >= 11 is 5.75. The lowest BCUT2D eigenvalue weighted by atomic mass is 10.1. The Morgan fingerprint density at radius 1 is 1.42 bits per heavy atom. The smallest absolute Gasteiger partial charge is 0.145 e. The molecule has 1 aromatic rings. The number of ether oxygens (including phenoxy) is 1. The first-order valence-electron chi connectivity index (χ1n) is 3.56. The Bertz CT molecular complexity index is 347. The molecule has 0 saturated heterocycles. The van der Waals surface area contributed by atoms with Crippen molar-refractivity contribution in [1.29, 1.82) is 0 Å². The second-order valence-electron chi connectivity index (χ2n) is 2.52. The lowest BCUT2D eigenvalue weighted by Crippen LogP contribution is -2.01. The molecule has 1 nitrogen and oxygen atoms in total. The maximum absolute atomic E-state index is 12.8. The molecule has 1 heterocycles. The van der Waals surface area contributed by atoms with Crippen LogP contribution in [0.5, 0.6) is 5.75 Å². The second-order valence-corrected chi connectivity index (χ2v) is 2.93. The normalized spacial score (nSPS) is 13.8. The van der Waals surface area contributed by atoms with Crippen LogP contribution in [0.4, 0.5) is 4.39 Å². The SMILES string of the molecule is Fc1cc(Cl)c2c(c1)C=CCO2. The first kappa shape index (κ1) is 7.62. The number of halogens is 2. The Hall–Kier alpha value is -1.02. The molecule has 62 valence electrons. The summed E-state index contributed by atoms with van der Waals surface area (Å²) in [6, 6.07) is 2.65. The minimum Gasteiger partial charge on any atom is -0.487 e. The molecular weight excluding hydrogens is 179 g/mol. The zero-order chi connectivity index (χ0) is 8.55. The van der Waals surface area contributed by atoms with Crippen LogP contribution >= 0.6 is 11.6 Å². The summed E-state index contributed by atoms with van der Waals surface area (Å²) < 4.78 is 18.0. The van der Waals surface area contributed by atoms with Crippen LogP contribution < -0.4 is 4.74 Å². The first-order chi connectivity index (χ1) is 5.77. The van der Waals surface area contributed by atoms with Gasteiger partial charge in [-0.05, 0) is 18.2 Å². The van der Waals surface area contributed by atoms with Gasteiger partial charge in [0.25, 0.3) is 0 Å². The number of benzene rings is 1. The Balaban J connectivity index is 2.62. The average Bonchev–Trinajstić information content (AvgIpc) is 2.04. The summed E-state index contributed by atoms with van der Waals surface area (Å²) in [7, 11) is 0. The van der Waals surface area contributed by atoms with E-state index >= 15 is 0 Å². The van der Waals surface area contributed by atoms with Gasteiger partial charge in [0.05, 0.1) is 5.02 Å². The summed E-state index contributed by atoms with van der Waals surface area (Å²) in [4.78, 5) is 0. The van der Waals surface area contributed by atoms with E-state index in [1.165, 1.54) is 12.1 Å². The number of fused-ring (bicyclic) bond motifs is 1. The molecule has 3 heteroatoms. The van der Waals surface area contributed by atoms with Gasteiger partial charge in [0.15, 0.2) is 0 Å². The van der Waals surface area contributed by atoms with E-state index in [0.29, 0.717) is 22.9 Å². The highest BCUT2D eigenvalue weighted by molar-refractivity contribution is 6.32. The van der Waals surface area contributed by atoms with Crippen molar-refractivity contribution in [3.63, 3.8) is 0 Å². The summed E-state index contributed by atoms with van der Waals surface area (Å²) in [6.07, 6.45) is 3.62. The van der Waals surface area contributed by atoms with Crippen LogP contribution in [0.2, 0.25) is 5.02 Å². The minimum atomic E-state index is -0.339. The van der Waals surface area contributed by atoms with Gasteiger partial charge in [0.2, 0.25) is 0 Å². The molecule has 1 aromatic carbocycles. The van der Waals surface area contributed by atoms with E-state index < -0.39 is 0 Å². The van der Waals surface area contributed by atoms with Gasteiger partial charge >= 0.3 is 0 Å². The van der Waals surface area contributed by atoms with Crippen molar-refractivity contribution in [3.05, 3.63) is 34.6 Å². The van der Waals surface area contributed by atoms with E-state index in [4.69, 9.17) is 16.3 Å². The van der Waals surface area contributed by atoms with Crippen molar-refractivity contribution in [2.45, 2.75) is 0 Å². The van der Waals surface area contributed by atoms with Gasteiger partial charge < -0.3 is 4.74 Å². The number of hydrogen-bond donors (Lipinski definition) is 0. The molecule has 1 aliphatic rings. The molecule has 0 unspecified atom stereocenters. The van der Waals surface area contributed by atoms with Gasteiger partial charge in [0, 0.05) is 5.56 Å². The fourth-order valence-corrected chi connectivity index (χ4v) is 1.43. The molecule has 0 aliphatic carbocycles. The van der Waals surface area contributed by atoms with Crippen molar-refractivity contribution >= 4 is 17.7 Å². The fourth-order valence-electron chi connectivity index (χ4n) is 1.16. The largest absolute Gasteiger partial charge is 0.487 e. The van der Waals surface area contributed by atoms with Crippen molar-refractivity contribution in [3.8, 4) is 5.75 Å². The van der Waals surface area contributed by atoms with E-state index in [1.807, 2.05) is 6.08 Å². The lowest BCUT2D eigenvalue weighted by Gasteiger charge is -2.13. The fraction of sp³-hybridized carbons (Fsp3) is 0.111. The van der Waals surface area contributed by atoms with Gasteiger partial charge in [-0.15, -0.1) is 0 Å². The average molecular weight is 185 g/mol. The minimum absolute atomic E-state index is 0.328. The maximum atomic E-state index is 12.8. The molecule has 0 N–H and O–H groups in total. The molecule has 0 radical (unpaired) electrons. The van der Waals surface area contributed by atoms with E-state index in [0.717, 1.165) is 0 Å². The van der Waals surface area contributed by atoms with Crippen LogP contribution in [-0.4, -0.2) is 6.61 Å². The summed E-state index contributed by atoms with van der Waals surface area (Å²) in [5.41, 5.74) is 0.700. The van der Waals surface area contributed by atoms with Crippen molar-refractivity contribution in [1.82, 2.24) is 0 Å². The molecule has 0 saturated carbocycles. The van der Waals surface area contributed by atoms with Crippen LogP contribution in [0.1, 0.15) is 5.56 Å². The molecule has 0 aromatic heterocycles. The monoisotopic (exact) mass is 184 g/mol. The molecule has 0 atom stereocenters. The molecule has 12 heavy (non-hydrogen) atoms. The highest BCUT2D eigenvalue weighted by atomic mass is 35.5. The van der Waals surface area contributed by atoms with Crippen molar-refractivity contribution < 1.29 is 9.13 Å². The predicted molar refractivity (Wildman–Crippen MR) is 45.9 cm³/mol.